The third-order valence-electron chi connectivity index (χ3n) is 3.43. The van der Waals surface area contributed by atoms with Crippen LogP contribution in [0.15, 0.2) is 43.0 Å². The highest BCUT2D eigenvalue weighted by Gasteiger charge is 2.20. The van der Waals surface area contributed by atoms with Crippen molar-refractivity contribution in [1.29, 1.82) is 0 Å². The lowest BCUT2D eigenvalue weighted by atomic mass is 10.0. The van der Waals surface area contributed by atoms with Gasteiger partial charge in [-0.25, -0.2) is 4.79 Å². The normalized spacial score (nSPS) is 10.8. The van der Waals surface area contributed by atoms with E-state index in [0.29, 0.717) is 11.5 Å². The standard InChI is InChI=1S/C18H20O2/c1-5-9-20-18(19)17-13(4)10-15-8-6-7-14(12(2)3)11-16(15)17/h5-8,10-12H,1,9H2,2-4H3. The van der Waals surface area contributed by atoms with E-state index >= 15 is 0 Å². The van der Waals surface area contributed by atoms with Crippen LogP contribution in [-0.2, 0) is 4.74 Å². The molecular formula is C18H20O2. The minimum Gasteiger partial charge on any atom is -0.458 e. The fraction of sp³-hybridized carbons (Fsp3) is 0.278. The molecule has 0 aromatic carbocycles. The quantitative estimate of drug-likeness (QED) is 0.600. The zero-order chi connectivity index (χ0) is 14.7. The van der Waals surface area contributed by atoms with E-state index in [9.17, 15) is 4.79 Å². The molecule has 0 radical (unpaired) electrons. The molecule has 104 valence electrons. The van der Waals surface area contributed by atoms with Crippen LogP contribution in [0.3, 0.4) is 0 Å². The van der Waals surface area contributed by atoms with Crippen molar-refractivity contribution < 1.29 is 9.53 Å². The molecule has 0 aliphatic heterocycles. The summed E-state index contributed by atoms with van der Waals surface area (Å²) in [7, 11) is 0. The highest BCUT2D eigenvalue weighted by Crippen LogP contribution is 2.33. The lowest BCUT2D eigenvalue weighted by molar-refractivity contribution is 0.0550. The van der Waals surface area contributed by atoms with Gasteiger partial charge in [0.1, 0.15) is 6.61 Å². The Kier molecular flexibility index (Phi) is 4.23. The van der Waals surface area contributed by atoms with Crippen LogP contribution in [0, 0.1) is 6.92 Å². The third-order valence-corrected chi connectivity index (χ3v) is 3.43. The number of esters is 1. The Morgan fingerprint density at radius 3 is 2.75 bits per heavy atom. The van der Waals surface area contributed by atoms with Gasteiger partial charge in [0.05, 0.1) is 5.56 Å². The van der Waals surface area contributed by atoms with Crippen molar-refractivity contribution in [3.8, 4) is 11.1 Å². The smallest absolute Gasteiger partial charge is 0.339 e. The molecule has 0 fully saturated rings. The first-order valence-electron chi connectivity index (χ1n) is 6.86. The van der Waals surface area contributed by atoms with E-state index in [0.717, 1.165) is 16.7 Å². The summed E-state index contributed by atoms with van der Waals surface area (Å²) in [6.07, 6.45) is 1.58. The largest absolute Gasteiger partial charge is 0.458 e. The van der Waals surface area contributed by atoms with Crippen molar-refractivity contribution in [3.63, 3.8) is 0 Å². The molecule has 0 spiro atoms. The predicted molar refractivity (Wildman–Crippen MR) is 82.4 cm³/mol. The number of carbonyl (C=O) groups excluding carboxylic acids is 1. The van der Waals surface area contributed by atoms with Gasteiger partial charge in [0.2, 0.25) is 0 Å². The van der Waals surface area contributed by atoms with E-state index in [2.05, 4.69) is 32.6 Å². The Morgan fingerprint density at radius 2 is 2.10 bits per heavy atom. The summed E-state index contributed by atoms with van der Waals surface area (Å²) in [5, 5.41) is 0. The van der Waals surface area contributed by atoms with E-state index in [1.807, 2.05) is 25.1 Å². The molecule has 0 amide bonds. The van der Waals surface area contributed by atoms with Crippen molar-refractivity contribution in [2.45, 2.75) is 26.7 Å². The van der Waals surface area contributed by atoms with Crippen LogP contribution in [0.25, 0.3) is 11.1 Å². The summed E-state index contributed by atoms with van der Waals surface area (Å²) in [6.45, 7) is 10.0. The summed E-state index contributed by atoms with van der Waals surface area (Å²) < 4.78 is 5.20. The second-order valence-electron chi connectivity index (χ2n) is 5.28. The molecule has 0 bridgehead atoms. The van der Waals surface area contributed by atoms with Crippen molar-refractivity contribution in [2.24, 2.45) is 0 Å². The first-order valence-corrected chi connectivity index (χ1v) is 6.86. The lowest BCUT2D eigenvalue weighted by Crippen LogP contribution is -2.06. The predicted octanol–water partition coefficient (Wildman–Crippen LogP) is 4.57. The molecule has 0 heterocycles. The SMILES string of the molecule is C=CCOC(=O)c1c(C)cc2cccc(C(C)C)cc1-2. The summed E-state index contributed by atoms with van der Waals surface area (Å²) in [5.74, 6) is 0.135. The number of hydrogen-bond acceptors (Lipinski definition) is 2. The molecule has 0 saturated heterocycles. The lowest BCUT2D eigenvalue weighted by Gasteiger charge is -2.06. The van der Waals surface area contributed by atoms with Crippen molar-refractivity contribution in [3.05, 3.63) is 59.7 Å². The number of fused-ring (bicyclic) bond motifs is 1. The maximum Gasteiger partial charge on any atom is 0.339 e. The van der Waals surface area contributed by atoms with Gasteiger partial charge in [-0.1, -0.05) is 56.8 Å². The Balaban J connectivity index is 2.55. The second-order valence-corrected chi connectivity index (χ2v) is 5.28. The molecule has 0 aromatic heterocycles. The zero-order valence-electron chi connectivity index (χ0n) is 12.3. The van der Waals surface area contributed by atoms with Crippen LogP contribution in [0.5, 0.6) is 0 Å². The number of carbonyl (C=O) groups is 1. The Bertz CT molecular complexity index is 611. The summed E-state index contributed by atoms with van der Waals surface area (Å²) in [6, 6.07) is 10.3. The first kappa shape index (κ1) is 14.3. The molecule has 2 heteroatoms. The van der Waals surface area contributed by atoms with E-state index < -0.39 is 0 Å². The summed E-state index contributed by atoms with van der Waals surface area (Å²) in [5.41, 5.74) is 4.86. The molecule has 0 N–H and O–H groups in total. The fourth-order valence-electron chi connectivity index (χ4n) is 2.35. The maximum atomic E-state index is 12.2. The van der Waals surface area contributed by atoms with Gasteiger partial charge in [-0.3, -0.25) is 0 Å². The Morgan fingerprint density at radius 1 is 1.35 bits per heavy atom. The van der Waals surface area contributed by atoms with Gasteiger partial charge in [0.25, 0.3) is 0 Å². The van der Waals surface area contributed by atoms with Crippen LogP contribution < -0.4 is 0 Å². The van der Waals surface area contributed by atoms with Gasteiger partial charge in [-0.2, -0.15) is 0 Å². The number of ether oxygens (including phenoxy) is 1. The summed E-state index contributed by atoms with van der Waals surface area (Å²) in [4.78, 5) is 12.2. The van der Waals surface area contributed by atoms with Gasteiger partial charge in [-0.05, 0) is 35.1 Å². The van der Waals surface area contributed by atoms with Gasteiger partial charge in [0, 0.05) is 0 Å². The minimum absolute atomic E-state index is 0.237. The van der Waals surface area contributed by atoms with Crippen LogP contribution in [0.2, 0.25) is 0 Å². The van der Waals surface area contributed by atoms with Crippen LogP contribution in [0.1, 0.15) is 41.3 Å². The average Bonchev–Trinajstić information content (AvgIpc) is 2.58. The van der Waals surface area contributed by atoms with Crippen LogP contribution in [0.4, 0.5) is 0 Å². The first-order chi connectivity index (χ1) is 9.54. The highest BCUT2D eigenvalue weighted by atomic mass is 16.5. The van der Waals surface area contributed by atoms with Gasteiger partial charge >= 0.3 is 5.97 Å². The molecule has 0 unspecified atom stereocenters. The van der Waals surface area contributed by atoms with Gasteiger partial charge < -0.3 is 4.74 Å². The van der Waals surface area contributed by atoms with Crippen molar-refractivity contribution >= 4 is 5.97 Å². The van der Waals surface area contributed by atoms with Gasteiger partial charge in [0.15, 0.2) is 0 Å². The summed E-state index contributed by atoms with van der Waals surface area (Å²) >= 11 is 0. The molecule has 2 aliphatic carbocycles. The Hall–Kier alpha value is -2.09. The second kappa shape index (κ2) is 5.91. The molecule has 20 heavy (non-hydrogen) atoms. The molecular weight excluding hydrogens is 248 g/mol. The molecule has 0 saturated carbocycles. The molecule has 0 aromatic rings. The van der Waals surface area contributed by atoms with Crippen LogP contribution in [-0.4, -0.2) is 12.6 Å². The van der Waals surface area contributed by atoms with E-state index in [4.69, 9.17) is 4.74 Å². The molecule has 2 nitrogen and oxygen atoms in total. The van der Waals surface area contributed by atoms with Crippen molar-refractivity contribution in [1.82, 2.24) is 0 Å². The number of rotatable bonds is 4. The molecule has 2 rings (SSSR count). The minimum atomic E-state index is -0.279. The number of hydrogen-bond donors (Lipinski definition) is 0. The van der Waals surface area contributed by atoms with Crippen molar-refractivity contribution in [2.75, 3.05) is 6.61 Å². The molecule has 0 atom stereocenters. The average molecular weight is 268 g/mol. The van der Waals surface area contributed by atoms with Gasteiger partial charge in [-0.15, -0.1) is 0 Å². The van der Waals surface area contributed by atoms with E-state index in [1.165, 1.54) is 5.56 Å². The van der Waals surface area contributed by atoms with E-state index in [-0.39, 0.29) is 12.6 Å². The van der Waals surface area contributed by atoms with E-state index in [1.54, 1.807) is 6.08 Å². The monoisotopic (exact) mass is 268 g/mol. The van der Waals surface area contributed by atoms with Crippen LogP contribution >= 0.6 is 0 Å². The fourth-order valence-corrected chi connectivity index (χ4v) is 2.35. The highest BCUT2D eigenvalue weighted by molar-refractivity contribution is 6.00. The third kappa shape index (κ3) is 2.74. The molecule has 2 aliphatic rings. The topological polar surface area (TPSA) is 26.3 Å². The zero-order valence-corrected chi connectivity index (χ0v) is 12.3. The number of aryl methyl sites for hydroxylation is 1. The maximum absolute atomic E-state index is 12.2. The Labute approximate surface area is 120 Å².